The molecule has 0 aliphatic carbocycles. The smallest absolute Gasteiger partial charge is 0.281 e. The maximum atomic E-state index is 13.1. The molecule has 1 aromatic carbocycles. The van der Waals surface area contributed by atoms with E-state index in [1.54, 1.807) is 25.2 Å². The van der Waals surface area contributed by atoms with E-state index < -0.39 is 10.2 Å². The van der Waals surface area contributed by atoms with Gasteiger partial charge in [-0.05, 0) is 30.3 Å². The van der Waals surface area contributed by atoms with Crippen LogP contribution in [0.2, 0.25) is 0 Å². The summed E-state index contributed by atoms with van der Waals surface area (Å²) in [4.78, 5) is 18.1. The molecule has 9 nitrogen and oxygen atoms in total. The van der Waals surface area contributed by atoms with Crippen LogP contribution in [-0.2, 0) is 30.2 Å². The predicted octanol–water partition coefficient (Wildman–Crippen LogP) is 2.10. The van der Waals surface area contributed by atoms with Crippen molar-refractivity contribution in [1.82, 2.24) is 23.4 Å². The second-order valence-corrected chi connectivity index (χ2v) is 10.5. The molecule has 164 valence electrons. The average Bonchev–Trinajstić information content (AvgIpc) is 3.30. The van der Waals surface area contributed by atoms with Crippen LogP contribution in [0.4, 0.5) is 9.52 Å². The van der Waals surface area contributed by atoms with Crippen LogP contribution in [0, 0.1) is 5.82 Å². The molecule has 0 radical (unpaired) electrons. The first-order valence-electron chi connectivity index (χ1n) is 9.42. The number of aryl methyl sites for hydroxylation is 1. The van der Waals surface area contributed by atoms with Crippen LogP contribution in [0.3, 0.4) is 0 Å². The second kappa shape index (κ2) is 8.11. The number of halogens is 1. The summed E-state index contributed by atoms with van der Waals surface area (Å²) in [6, 6.07) is 7.50. The molecule has 0 bridgehead atoms. The molecule has 0 atom stereocenters. The highest BCUT2D eigenvalue weighted by Gasteiger charge is 2.30. The number of nitrogens with zero attached hydrogens (tertiary/aromatic N) is 5. The van der Waals surface area contributed by atoms with Crippen LogP contribution in [0.1, 0.15) is 21.1 Å². The lowest BCUT2D eigenvalue weighted by atomic mass is 10.1. The molecule has 3 aromatic rings. The Kier molecular flexibility index (Phi) is 5.64. The summed E-state index contributed by atoms with van der Waals surface area (Å²) < 4.78 is 41.9. The molecule has 0 saturated carbocycles. The van der Waals surface area contributed by atoms with Crippen molar-refractivity contribution in [3.05, 3.63) is 52.4 Å². The number of carbonyl (C=O) groups excluding carboxylic acids is 1. The van der Waals surface area contributed by atoms with Gasteiger partial charge in [0.15, 0.2) is 5.13 Å². The number of rotatable bonds is 5. The molecule has 0 unspecified atom stereocenters. The van der Waals surface area contributed by atoms with E-state index in [4.69, 9.17) is 0 Å². The summed E-state index contributed by atoms with van der Waals surface area (Å²) in [5.74, 6) is -0.727. The summed E-state index contributed by atoms with van der Waals surface area (Å²) in [6.45, 7) is 0.567. The van der Waals surface area contributed by atoms with Crippen molar-refractivity contribution in [2.75, 3.05) is 26.0 Å². The fourth-order valence-corrected chi connectivity index (χ4v) is 5.43. The lowest BCUT2D eigenvalue weighted by molar-refractivity contribution is 0.101. The van der Waals surface area contributed by atoms with Gasteiger partial charge in [0.2, 0.25) is 0 Å². The molecule has 1 aliphatic heterocycles. The molecule has 1 aliphatic rings. The minimum absolute atomic E-state index is 0.226. The van der Waals surface area contributed by atoms with Crippen LogP contribution in [0.5, 0.6) is 0 Å². The highest BCUT2D eigenvalue weighted by atomic mass is 32.2. The van der Waals surface area contributed by atoms with Crippen LogP contribution >= 0.6 is 11.3 Å². The number of benzene rings is 1. The summed E-state index contributed by atoms with van der Waals surface area (Å²) in [6.07, 6.45) is 0.481. The molecule has 2 aromatic heterocycles. The Morgan fingerprint density at radius 1 is 1.26 bits per heavy atom. The van der Waals surface area contributed by atoms with Crippen LogP contribution in [0.15, 0.2) is 30.3 Å². The number of hydrogen-bond donors (Lipinski definition) is 1. The standard InChI is InChI=1S/C19H21FN6O3S2/c1-24(2)31(28,29)26-9-8-14-17(11-26)30-19(21-14)22-18(27)16-10-15(23-25(16)3)12-4-6-13(20)7-5-12/h4-7,10H,8-9,11H2,1-3H3,(H,21,22,27). The third-order valence-electron chi connectivity index (χ3n) is 4.96. The van der Waals surface area contributed by atoms with Crippen molar-refractivity contribution >= 4 is 32.6 Å². The van der Waals surface area contributed by atoms with Gasteiger partial charge in [0.25, 0.3) is 16.1 Å². The second-order valence-electron chi connectivity index (χ2n) is 7.26. The number of aromatic nitrogens is 3. The van der Waals surface area contributed by atoms with E-state index in [-0.39, 0.29) is 18.3 Å². The number of hydrogen-bond acceptors (Lipinski definition) is 6. The molecular formula is C19H21FN6O3S2. The average molecular weight is 465 g/mol. The molecule has 4 rings (SSSR count). The summed E-state index contributed by atoms with van der Waals surface area (Å²) in [7, 11) is 1.14. The van der Waals surface area contributed by atoms with Gasteiger partial charge in [0.1, 0.15) is 11.5 Å². The van der Waals surface area contributed by atoms with Gasteiger partial charge in [0.05, 0.1) is 17.9 Å². The van der Waals surface area contributed by atoms with E-state index in [1.807, 2.05) is 0 Å². The maximum Gasteiger partial charge on any atom is 0.281 e. The highest BCUT2D eigenvalue weighted by molar-refractivity contribution is 7.86. The first-order chi connectivity index (χ1) is 14.6. The molecule has 0 fully saturated rings. The van der Waals surface area contributed by atoms with Crippen LogP contribution in [-0.4, -0.2) is 58.3 Å². The maximum absolute atomic E-state index is 13.1. The van der Waals surface area contributed by atoms with Crippen molar-refractivity contribution in [2.24, 2.45) is 7.05 Å². The lowest BCUT2D eigenvalue weighted by Gasteiger charge is -2.27. The van der Waals surface area contributed by atoms with Gasteiger partial charge in [-0.15, -0.1) is 11.3 Å². The molecule has 0 spiro atoms. The summed E-state index contributed by atoms with van der Waals surface area (Å²) in [5.41, 5.74) is 2.37. The number of amides is 1. The highest BCUT2D eigenvalue weighted by Crippen LogP contribution is 2.30. The van der Waals surface area contributed by atoms with Crippen LogP contribution < -0.4 is 5.32 Å². The Labute approximate surface area is 183 Å². The van der Waals surface area contributed by atoms with Gasteiger partial charge < -0.3 is 0 Å². The van der Waals surface area contributed by atoms with E-state index in [2.05, 4.69) is 15.4 Å². The van der Waals surface area contributed by atoms with E-state index >= 15 is 0 Å². The topological polar surface area (TPSA) is 100 Å². The molecular weight excluding hydrogens is 443 g/mol. The molecule has 1 amide bonds. The Morgan fingerprint density at radius 3 is 2.65 bits per heavy atom. The fourth-order valence-electron chi connectivity index (χ4n) is 3.26. The van der Waals surface area contributed by atoms with Gasteiger partial charge in [0, 0.05) is 44.5 Å². The number of thiazole rings is 1. The quantitative estimate of drug-likeness (QED) is 0.623. The first kappa shape index (κ1) is 21.6. The summed E-state index contributed by atoms with van der Waals surface area (Å²) in [5, 5.41) is 7.51. The van der Waals surface area contributed by atoms with E-state index in [0.29, 0.717) is 35.0 Å². The van der Waals surface area contributed by atoms with Crippen molar-refractivity contribution in [3.63, 3.8) is 0 Å². The van der Waals surface area contributed by atoms with Gasteiger partial charge in [-0.2, -0.15) is 22.1 Å². The van der Waals surface area contributed by atoms with Gasteiger partial charge in [-0.1, -0.05) is 0 Å². The van der Waals surface area contributed by atoms with Crippen molar-refractivity contribution in [1.29, 1.82) is 0 Å². The number of carbonyl (C=O) groups is 1. The molecule has 3 heterocycles. The number of fused-ring (bicyclic) bond motifs is 1. The molecule has 12 heteroatoms. The molecule has 0 saturated heterocycles. The van der Waals surface area contributed by atoms with E-state index in [1.165, 1.54) is 50.9 Å². The van der Waals surface area contributed by atoms with Crippen LogP contribution in [0.25, 0.3) is 11.3 Å². The minimum atomic E-state index is -3.51. The normalized spacial score (nSPS) is 14.6. The zero-order valence-corrected chi connectivity index (χ0v) is 18.8. The van der Waals surface area contributed by atoms with Gasteiger partial charge >= 0.3 is 0 Å². The largest absolute Gasteiger partial charge is 0.296 e. The Hall–Kier alpha value is -2.67. The first-order valence-corrected chi connectivity index (χ1v) is 11.6. The zero-order valence-electron chi connectivity index (χ0n) is 17.2. The number of anilines is 1. The number of nitrogens with one attached hydrogen (secondary N) is 1. The van der Waals surface area contributed by atoms with Crippen molar-refractivity contribution in [3.8, 4) is 11.3 Å². The monoisotopic (exact) mass is 464 g/mol. The Bertz CT molecular complexity index is 1230. The Balaban J connectivity index is 1.51. The lowest BCUT2D eigenvalue weighted by Crippen LogP contribution is -2.42. The van der Waals surface area contributed by atoms with Crippen molar-refractivity contribution in [2.45, 2.75) is 13.0 Å². The third kappa shape index (κ3) is 4.24. The van der Waals surface area contributed by atoms with E-state index in [9.17, 15) is 17.6 Å². The van der Waals surface area contributed by atoms with Gasteiger partial charge in [-0.25, -0.2) is 9.37 Å². The Morgan fingerprint density at radius 2 is 1.97 bits per heavy atom. The molecule has 1 N–H and O–H groups in total. The third-order valence-corrected chi connectivity index (χ3v) is 7.84. The van der Waals surface area contributed by atoms with E-state index in [0.717, 1.165) is 10.6 Å². The predicted molar refractivity (Wildman–Crippen MR) is 115 cm³/mol. The van der Waals surface area contributed by atoms with Crippen molar-refractivity contribution < 1.29 is 17.6 Å². The summed E-state index contributed by atoms with van der Waals surface area (Å²) >= 11 is 1.26. The molecule has 31 heavy (non-hydrogen) atoms. The zero-order chi connectivity index (χ0) is 22.3. The fraction of sp³-hybridized carbons (Fsp3) is 0.316. The minimum Gasteiger partial charge on any atom is -0.296 e. The van der Waals surface area contributed by atoms with Gasteiger partial charge in [-0.3, -0.25) is 14.8 Å². The SMILES string of the molecule is CN(C)S(=O)(=O)N1CCc2nc(NC(=O)c3cc(-c4ccc(F)cc4)nn3C)sc2C1.